The SMILES string of the molecule is CC1CCC(CNc2nc(N)nc3nc[nH]c23)CC1. The summed E-state index contributed by atoms with van der Waals surface area (Å²) in [6, 6.07) is 0. The van der Waals surface area contributed by atoms with Crippen LogP contribution < -0.4 is 11.1 Å². The van der Waals surface area contributed by atoms with Gasteiger partial charge in [0.05, 0.1) is 6.33 Å². The predicted molar refractivity (Wildman–Crippen MR) is 75.7 cm³/mol. The second kappa shape index (κ2) is 5.03. The highest BCUT2D eigenvalue weighted by Crippen LogP contribution is 2.28. The summed E-state index contributed by atoms with van der Waals surface area (Å²) in [6.45, 7) is 3.28. The van der Waals surface area contributed by atoms with E-state index >= 15 is 0 Å². The molecule has 0 unspecified atom stereocenters. The molecule has 0 aromatic carbocycles. The summed E-state index contributed by atoms with van der Waals surface area (Å²) >= 11 is 0. The zero-order chi connectivity index (χ0) is 13.2. The zero-order valence-corrected chi connectivity index (χ0v) is 11.2. The van der Waals surface area contributed by atoms with E-state index in [9.17, 15) is 0 Å². The normalized spacial score (nSPS) is 23.6. The molecule has 6 nitrogen and oxygen atoms in total. The van der Waals surface area contributed by atoms with E-state index in [2.05, 4.69) is 32.2 Å². The van der Waals surface area contributed by atoms with E-state index in [0.29, 0.717) is 5.65 Å². The Hall–Kier alpha value is -1.85. The van der Waals surface area contributed by atoms with Crippen LogP contribution in [0.15, 0.2) is 6.33 Å². The zero-order valence-electron chi connectivity index (χ0n) is 11.2. The molecule has 0 atom stereocenters. The maximum Gasteiger partial charge on any atom is 0.224 e. The summed E-state index contributed by atoms with van der Waals surface area (Å²) in [7, 11) is 0. The number of H-pyrrole nitrogens is 1. The van der Waals surface area contributed by atoms with Crippen LogP contribution in [0.5, 0.6) is 0 Å². The molecule has 0 radical (unpaired) electrons. The molecule has 102 valence electrons. The molecule has 1 fully saturated rings. The number of aromatic nitrogens is 4. The minimum atomic E-state index is 0.263. The highest BCUT2D eigenvalue weighted by Gasteiger charge is 2.18. The predicted octanol–water partition coefficient (Wildman–Crippen LogP) is 2.17. The smallest absolute Gasteiger partial charge is 0.224 e. The third-order valence-corrected chi connectivity index (χ3v) is 4.00. The fraction of sp³-hybridized carbons (Fsp3) is 0.615. The van der Waals surface area contributed by atoms with Gasteiger partial charge < -0.3 is 16.0 Å². The molecule has 0 bridgehead atoms. The average molecular weight is 260 g/mol. The summed E-state index contributed by atoms with van der Waals surface area (Å²) in [5.74, 6) is 2.63. The van der Waals surface area contributed by atoms with Crippen LogP contribution in [0.4, 0.5) is 11.8 Å². The molecule has 0 saturated heterocycles. The Morgan fingerprint density at radius 1 is 1.32 bits per heavy atom. The number of imidazole rings is 1. The number of nitrogen functional groups attached to an aromatic ring is 1. The number of nitrogens with two attached hydrogens (primary N) is 1. The lowest BCUT2D eigenvalue weighted by molar-refractivity contribution is 0.300. The quantitative estimate of drug-likeness (QED) is 0.786. The van der Waals surface area contributed by atoms with Crippen molar-refractivity contribution in [2.24, 2.45) is 11.8 Å². The van der Waals surface area contributed by atoms with Crippen LogP contribution in [0.1, 0.15) is 32.6 Å². The standard InChI is InChI=1S/C13H20N6/c1-8-2-4-9(5-3-8)6-15-11-10-12(17-7-16-10)19-13(14)18-11/h7-9H,2-6H2,1H3,(H4,14,15,16,17,18,19). The summed E-state index contributed by atoms with van der Waals surface area (Å²) in [5, 5.41) is 3.40. The topological polar surface area (TPSA) is 92.5 Å². The van der Waals surface area contributed by atoms with Gasteiger partial charge in [-0.05, 0) is 24.7 Å². The summed E-state index contributed by atoms with van der Waals surface area (Å²) < 4.78 is 0. The molecular formula is C13H20N6. The first kappa shape index (κ1) is 12.2. The minimum absolute atomic E-state index is 0.263. The van der Waals surface area contributed by atoms with Crippen molar-refractivity contribution < 1.29 is 0 Å². The Morgan fingerprint density at radius 3 is 2.89 bits per heavy atom. The van der Waals surface area contributed by atoms with Crippen molar-refractivity contribution in [2.45, 2.75) is 32.6 Å². The second-order valence-electron chi connectivity index (χ2n) is 5.54. The Bertz CT molecular complexity index is 555. The molecule has 0 spiro atoms. The molecular weight excluding hydrogens is 240 g/mol. The van der Waals surface area contributed by atoms with E-state index in [1.54, 1.807) is 6.33 Å². The maximum absolute atomic E-state index is 5.69. The van der Waals surface area contributed by atoms with Crippen LogP contribution in [0, 0.1) is 11.8 Å². The van der Waals surface area contributed by atoms with E-state index in [1.165, 1.54) is 25.7 Å². The van der Waals surface area contributed by atoms with Gasteiger partial charge in [0, 0.05) is 6.54 Å². The summed E-state index contributed by atoms with van der Waals surface area (Å²) in [6.07, 6.45) is 6.86. The Morgan fingerprint density at radius 2 is 2.11 bits per heavy atom. The van der Waals surface area contributed by atoms with Crippen molar-refractivity contribution in [1.29, 1.82) is 0 Å². The molecule has 1 aliphatic rings. The summed E-state index contributed by atoms with van der Waals surface area (Å²) in [4.78, 5) is 15.5. The molecule has 1 saturated carbocycles. The first-order valence-electron chi connectivity index (χ1n) is 6.93. The fourth-order valence-corrected chi connectivity index (χ4v) is 2.75. The second-order valence-corrected chi connectivity index (χ2v) is 5.54. The number of nitrogens with zero attached hydrogens (tertiary/aromatic N) is 3. The molecule has 2 aromatic rings. The number of anilines is 2. The van der Waals surface area contributed by atoms with E-state index in [1.807, 2.05) is 0 Å². The van der Waals surface area contributed by atoms with E-state index in [0.717, 1.165) is 29.7 Å². The Labute approximate surface area is 112 Å². The Kier molecular flexibility index (Phi) is 3.23. The van der Waals surface area contributed by atoms with Gasteiger partial charge >= 0.3 is 0 Å². The number of fused-ring (bicyclic) bond motifs is 1. The number of hydrogen-bond acceptors (Lipinski definition) is 5. The van der Waals surface area contributed by atoms with Crippen LogP contribution in [0.2, 0.25) is 0 Å². The number of rotatable bonds is 3. The van der Waals surface area contributed by atoms with Gasteiger partial charge in [-0.15, -0.1) is 0 Å². The van der Waals surface area contributed by atoms with Gasteiger partial charge in [0.15, 0.2) is 11.5 Å². The van der Waals surface area contributed by atoms with Gasteiger partial charge in [0.25, 0.3) is 0 Å². The fourth-order valence-electron chi connectivity index (χ4n) is 2.75. The number of hydrogen-bond donors (Lipinski definition) is 3. The lowest BCUT2D eigenvalue weighted by atomic mass is 9.83. The van der Waals surface area contributed by atoms with Crippen LogP contribution in [0.3, 0.4) is 0 Å². The molecule has 3 rings (SSSR count). The third-order valence-electron chi connectivity index (χ3n) is 4.00. The average Bonchev–Trinajstić information content (AvgIpc) is 2.85. The number of nitrogens with one attached hydrogen (secondary N) is 2. The largest absolute Gasteiger partial charge is 0.368 e. The molecule has 6 heteroatoms. The highest BCUT2D eigenvalue weighted by atomic mass is 15.1. The minimum Gasteiger partial charge on any atom is -0.368 e. The molecule has 4 N–H and O–H groups in total. The molecule has 1 aliphatic carbocycles. The first-order chi connectivity index (χ1) is 9.22. The van der Waals surface area contributed by atoms with Crippen molar-refractivity contribution in [3.8, 4) is 0 Å². The van der Waals surface area contributed by atoms with E-state index < -0.39 is 0 Å². The third kappa shape index (κ3) is 2.62. The van der Waals surface area contributed by atoms with Crippen molar-refractivity contribution in [2.75, 3.05) is 17.6 Å². The molecule has 2 aromatic heterocycles. The van der Waals surface area contributed by atoms with Crippen LogP contribution >= 0.6 is 0 Å². The van der Waals surface area contributed by atoms with Gasteiger partial charge in [-0.25, -0.2) is 4.98 Å². The van der Waals surface area contributed by atoms with Crippen LogP contribution in [-0.2, 0) is 0 Å². The monoisotopic (exact) mass is 260 g/mol. The van der Waals surface area contributed by atoms with Gasteiger partial charge in [0.1, 0.15) is 5.52 Å². The molecule has 2 heterocycles. The van der Waals surface area contributed by atoms with Gasteiger partial charge in [-0.2, -0.15) is 9.97 Å². The molecule has 0 aliphatic heterocycles. The van der Waals surface area contributed by atoms with E-state index in [-0.39, 0.29) is 5.95 Å². The molecule has 19 heavy (non-hydrogen) atoms. The van der Waals surface area contributed by atoms with Gasteiger partial charge in [-0.3, -0.25) is 0 Å². The van der Waals surface area contributed by atoms with Crippen molar-refractivity contribution in [3.05, 3.63) is 6.33 Å². The van der Waals surface area contributed by atoms with Gasteiger partial charge in [0.2, 0.25) is 5.95 Å². The lowest BCUT2D eigenvalue weighted by Gasteiger charge is -2.26. The maximum atomic E-state index is 5.69. The van der Waals surface area contributed by atoms with Gasteiger partial charge in [-0.1, -0.05) is 19.8 Å². The first-order valence-corrected chi connectivity index (χ1v) is 6.93. The Balaban J connectivity index is 1.69. The highest BCUT2D eigenvalue weighted by molar-refractivity contribution is 5.83. The summed E-state index contributed by atoms with van der Waals surface area (Å²) in [5.41, 5.74) is 7.14. The van der Waals surface area contributed by atoms with E-state index in [4.69, 9.17) is 5.73 Å². The van der Waals surface area contributed by atoms with Crippen molar-refractivity contribution in [3.63, 3.8) is 0 Å². The van der Waals surface area contributed by atoms with Crippen LogP contribution in [0.25, 0.3) is 11.2 Å². The van der Waals surface area contributed by atoms with Crippen molar-refractivity contribution >= 4 is 22.9 Å². The lowest BCUT2D eigenvalue weighted by Crippen LogP contribution is -2.20. The molecule has 0 amide bonds. The number of aromatic amines is 1. The van der Waals surface area contributed by atoms with Crippen molar-refractivity contribution in [1.82, 2.24) is 19.9 Å². The van der Waals surface area contributed by atoms with Crippen LogP contribution in [-0.4, -0.2) is 26.5 Å².